The molecule has 0 bridgehead atoms. The van der Waals surface area contributed by atoms with E-state index in [1.165, 1.54) is 19.3 Å². The third-order valence-electron chi connectivity index (χ3n) is 3.71. The van der Waals surface area contributed by atoms with Crippen molar-refractivity contribution in [2.45, 2.75) is 83.3 Å². The summed E-state index contributed by atoms with van der Waals surface area (Å²) in [5.74, 6) is -0.758. The Balaban J connectivity index is 3.69. The number of hydrogen-bond acceptors (Lipinski definition) is 3. The Morgan fingerprint density at radius 3 is 2.00 bits per heavy atom. The molecule has 0 aliphatic rings. The molecule has 24 heavy (non-hydrogen) atoms. The summed E-state index contributed by atoms with van der Waals surface area (Å²) in [5, 5.41) is 28.2. The van der Waals surface area contributed by atoms with Crippen molar-refractivity contribution in [3.63, 3.8) is 0 Å². The minimum Gasteiger partial charge on any atom is -0.481 e. The van der Waals surface area contributed by atoms with Crippen LogP contribution < -0.4 is 0 Å². The van der Waals surface area contributed by atoms with Crippen LogP contribution in [0.25, 0.3) is 0 Å². The molecule has 0 aromatic rings. The lowest BCUT2D eigenvalue weighted by atomic mass is 10.1. The Morgan fingerprint density at radius 1 is 0.833 bits per heavy atom. The van der Waals surface area contributed by atoms with Gasteiger partial charge in [0, 0.05) is 6.42 Å². The molecule has 0 saturated carbocycles. The van der Waals surface area contributed by atoms with Crippen LogP contribution in [-0.2, 0) is 4.79 Å². The van der Waals surface area contributed by atoms with E-state index >= 15 is 0 Å². The molecule has 4 nitrogen and oxygen atoms in total. The number of carboxylic acid groups (broad SMARTS) is 1. The van der Waals surface area contributed by atoms with Crippen LogP contribution in [0.4, 0.5) is 0 Å². The van der Waals surface area contributed by atoms with Gasteiger partial charge in [-0.25, -0.2) is 0 Å². The van der Waals surface area contributed by atoms with Crippen LogP contribution in [0.2, 0.25) is 0 Å². The first-order chi connectivity index (χ1) is 11.6. The van der Waals surface area contributed by atoms with E-state index in [4.69, 9.17) is 5.11 Å². The second-order valence-corrected chi connectivity index (χ2v) is 6.04. The number of unbranched alkanes of at least 4 members (excludes halogenated alkanes) is 4. The largest absolute Gasteiger partial charge is 0.481 e. The van der Waals surface area contributed by atoms with Crippen molar-refractivity contribution >= 4 is 5.97 Å². The van der Waals surface area contributed by atoms with Gasteiger partial charge in [0.05, 0.1) is 12.2 Å². The number of rotatable bonds is 15. The average Bonchev–Trinajstić information content (AvgIpc) is 2.55. The summed E-state index contributed by atoms with van der Waals surface area (Å²) in [4.78, 5) is 10.3. The van der Waals surface area contributed by atoms with E-state index in [0.29, 0.717) is 19.3 Å². The van der Waals surface area contributed by atoms with Gasteiger partial charge in [0.1, 0.15) is 0 Å². The lowest BCUT2D eigenvalue weighted by Crippen LogP contribution is -2.24. The summed E-state index contributed by atoms with van der Waals surface area (Å²) in [7, 11) is 0. The van der Waals surface area contributed by atoms with Gasteiger partial charge in [0.2, 0.25) is 0 Å². The first-order valence-corrected chi connectivity index (χ1v) is 9.10. The van der Waals surface area contributed by atoms with Gasteiger partial charge in [0.25, 0.3) is 0 Å². The number of hydrogen-bond donors (Lipinski definition) is 3. The normalized spacial score (nSPS) is 14.8. The summed E-state index contributed by atoms with van der Waals surface area (Å²) >= 11 is 0. The highest BCUT2D eigenvalue weighted by atomic mass is 16.4. The monoisotopic (exact) mass is 338 g/mol. The Hall–Kier alpha value is -1.39. The Labute approximate surface area is 146 Å². The van der Waals surface area contributed by atoms with Crippen LogP contribution in [0, 0.1) is 0 Å². The fourth-order valence-electron chi connectivity index (χ4n) is 2.18. The summed E-state index contributed by atoms with van der Waals surface area (Å²) in [6.07, 6.45) is 18.3. The summed E-state index contributed by atoms with van der Waals surface area (Å²) in [6.45, 7) is 2.17. The second-order valence-electron chi connectivity index (χ2n) is 6.04. The maximum Gasteiger partial charge on any atom is 0.303 e. The van der Waals surface area contributed by atoms with E-state index < -0.39 is 18.2 Å². The van der Waals surface area contributed by atoms with Crippen LogP contribution in [-0.4, -0.2) is 33.5 Å². The third kappa shape index (κ3) is 15.5. The van der Waals surface area contributed by atoms with Crippen molar-refractivity contribution in [1.82, 2.24) is 0 Å². The number of aliphatic hydroxyl groups excluding tert-OH is 2. The molecule has 3 N–H and O–H groups in total. The van der Waals surface area contributed by atoms with Crippen LogP contribution in [0.3, 0.4) is 0 Å². The van der Waals surface area contributed by atoms with Crippen molar-refractivity contribution in [1.29, 1.82) is 0 Å². The SMILES string of the molecule is CCCCC/C=C/CC(O)C(O)CC=CCC=CCCCC(=O)O. The third-order valence-corrected chi connectivity index (χ3v) is 3.71. The van der Waals surface area contributed by atoms with Crippen molar-refractivity contribution < 1.29 is 20.1 Å². The molecule has 4 heteroatoms. The lowest BCUT2D eigenvalue weighted by Gasteiger charge is -2.14. The topological polar surface area (TPSA) is 77.8 Å². The van der Waals surface area contributed by atoms with E-state index in [9.17, 15) is 15.0 Å². The van der Waals surface area contributed by atoms with Crippen LogP contribution in [0.1, 0.15) is 71.1 Å². The summed E-state index contributed by atoms with van der Waals surface area (Å²) in [6, 6.07) is 0. The van der Waals surface area contributed by atoms with Crippen molar-refractivity contribution in [2.24, 2.45) is 0 Å². The zero-order valence-corrected chi connectivity index (χ0v) is 14.9. The molecule has 0 aromatic carbocycles. The minimum absolute atomic E-state index is 0.206. The zero-order chi connectivity index (χ0) is 18.0. The highest BCUT2D eigenvalue weighted by Crippen LogP contribution is 2.07. The zero-order valence-electron chi connectivity index (χ0n) is 14.9. The fraction of sp³-hybridized carbons (Fsp3) is 0.650. The fourth-order valence-corrected chi connectivity index (χ4v) is 2.18. The highest BCUT2D eigenvalue weighted by Gasteiger charge is 2.12. The number of carbonyl (C=O) groups is 1. The van der Waals surface area contributed by atoms with E-state index in [0.717, 1.165) is 19.3 Å². The van der Waals surface area contributed by atoms with E-state index in [-0.39, 0.29) is 6.42 Å². The van der Waals surface area contributed by atoms with E-state index in [2.05, 4.69) is 13.0 Å². The molecule has 138 valence electrons. The van der Waals surface area contributed by atoms with Gasteiger partial charge in [-0.15, -0.1) is 0 Å². The molecule has 0 aliphatic heterocycles. The Kier molecular flexibility index (Phi) is 15.5. The number of carboxylic acids is 1. The predicted molar refractivity (Wildman–Crippen MR) is 98.9 cm³/mol. The molecule has 0 radical (unpaired) electrons. The predicted octanol–water partition coefficient (Wildman–Crippen LogP) is 4.38. The van der Waals surface area contributed by atoms with Gasteiger partial charge < -0.3 is 15.3 Å². The van der Waals surface area contributed by atoms with Crippen LogP contribution in [0.5, 0.6) is 0 Å². The van der Waals surface area contributed by atoms with Crippen molar-refractivity contribution in [3.05, 3.63) is 36.5 Å². The van der Waals surface area contributed by atoms with E-state index in [1.54, 1.807) is 0 Å². The molecule has 0 saturated heterocycles. The van der Waals surface area contributed by atoms with Crippen LogP contribution >= 0.6 is 0 Å². The van der Waals surface area contributed by atoms with Crippen molar-refractivity contribution in [2.75, 3.05) is 0 Å². The van der Waals surface area contributed by atoms with Gasteiger partial charge in [-0.3, -0.25) is 4.79 Å². The molecule has 0 rings (SSSR count). The van der Waals surface area contributed by atoms with Gasteiger partial charge in [-0.05, 0) is 44.9 Å². The Bertz CT molecular complexity index is 385. The smallest absolute Gasteiger partial charge is 0.303 e. The molecule has 0 spiro atoms. The average molecular weight is 338 g/mol. The van der Waals surface area contributed by atoms with E-state index in [1.807, 2.05) is 30.4 Å². The summed E-state index contributed by atoms with van der Waals surface area (Å²) in [5.41, 5.74) is 0. The molecule has 2 unspecified atom stereocenters. The molecule has 0 amide bonds. The number of aliphatic hydroxyl groups is 2. The number of aliphatic carboxylic acids is 1. The highest BCUT2D eigenvalue weighted by molar-refractivity contribution is 5.66. The molecule has 0 fully saturated rings. The quantitative estimate of drug-likeness (QED) is 0.306. The molecule has 0 heterocycles. The lowest BCUT2D eigenvalue weighted by molar-refractivity contribution is -0.137. The first-order valence-electron chi connectivity index (χ1n) is 9.10. The summed E-state index contributed by atoms with van der Waals surface area (Å²) < 4.78 is 0. The second kappa shape index (κ2) is 16.5. The standard InChI is InChI=1S/C20H34O4/c1-2-3-4-5-9-12-15-18(21)19(22)16-13-10-7-6-8-11-14-17-20(23)24/h6,8-10,12-13,18-19,21-22H,2-5,7,11,14-17H2,1H3,(H,23,24)/b8-6?,12-9+,13-10?. The minimum atomic E-state index is -0.758. The van der Waals surface area contributed by atoms with Gasteiger partial charge in [0.15, 0.2) is 0 Å². The Morgan fingerprint density at radius 2 is 1.38 bits per heavy atom. The van der Waals surface area contributed by atoms with Gasteiger partial charge >= 0.3 is 5.97 Å². The van der Waals surface area contributed by atoms with Gasteiger partial charge in [-0.2, -0.15) is 0 Å². The van der Waals surface area contributed by atoms with Crippen molar-refractivity contribution in [3.8, 4) is 0 Å². The maximum atomic E-state index is 10.3. The van der Waals surface area contributed by atoms with Crippen LogP contribution in [0.15, 0.2) is 36.5 Å². The first kappa shape index (κ1) is 22.6. The number of allylic oxidation sites excluding steroid dienone is 4. The molecule has 2 atom stereocenters. The molecule has 0 aromatic heterocycles. The molecular weight excluding hydrogens is 304 g/mol. The maximum absolute atomic E-state index is 10.3. The molecule has 0 aliphatic carbocycles. The molecular formula is C20H34O4. The van der Waals surface area contributed by atoms with Gasteiger partial charge in [-0.1, -0.05) is 56.2 Å².